The molecule has 0 N–H and O–H groups in total. The summed E-state index contributed by atoms with van der Waals surface area (Å²) in [7, 11) is 0. The van der Waals surface area contributed by atoms with Crippen LogP contribution >= 0.6 is 22.6 Å². The first-order valence-electron chi connectivity index (χ1n) is 4.98. The highest BCUT2D eigenvalue weighted by molar-refractivity contribution is 14.1. The van der Waals surface area contributed by atoms with Gasteiger partial charge in [-0.25, -0.2) is 0 Å². The van der Waals surface area contributed by atoms with Crippen LogP contribution in [0.1, 0.15) is 6.42 Å². The zero-order valence-electron chi connectivity index (χ0n) is 10.3. The van der Waals surface area contributed by atoms with Gasteiger partial charge in [-0.05, 0) is 0 Å². The fourth-order valence-corrected chi connectivity index (χ4v) is 1.51. The summed E-state index contributed by atoms with van der Waals surface area (Å²) in [6.07, 6.45) is -11.8. The van der Waals surface area contributed by atoms with Crippen LogP contribution in [0, 0.1) is 0 Å². The average molecular weight is 510 g/mol. The molecule has 0 aromatic heterocycles. The lowest BCUT2D eigenvalue weighted by Gasteiger charge is -2.37. The SMILES string of the molecule is FC(F)(F)C(F)(F)C(F)(F)C(F)(F)CC(F)(F)C(F)(F)C(F)(F)I. The molecule has 0 fully saturated rings. The first-order chi connectivity index (χ1) is 9.96. The molecule has 0 amide bonds. The largest absolute Gasteiger partial charge is 0.460 e. The van der Waals surface area contributed by atoms with Crippen molar-refractivity contribution in [3.63, 3.8) is 0 Å². The van der Waals surface area contributed by atoms with Crippen LogP contribution < -0.4 is 0 Å². The lowest BCUT2D eigenvalue weighted by atomic mass is 9.95. The quantitative estimate of drug-likeness (QED) is 0.229. The Kier molecular flexibility index (Phi) is 5.77. The molecule has 0 nitrogen and oxygen atoms in total. The molecule has 0 unspecified atom stereocenters. The van der Waals surface area contributed by atoms with E-state index in [1.54, 1.807) is 0 Å². The summed E-state index contributed by atoms with van der Waals surface area (Å²) >= 11 is -0.678. The maximum Gasteiger partial charge on any atom is 0.460 e. The van der Waals surface area contributed by atoms with E-state index in [0.29, 0.717) is 0 Å². The van der Waals surface area contributed by atoms with Crippen LogP contribution in [0.25, 0.3) is 0 Å². The Labute approximate surface area is 135 Å². The van der Waals surface area contributed by atoms with Crippen LogP contribution in [0.2, 0.25) is 0 Å². The van der Waals surface area contributed by atoms with Gasteiger partial charge in [-0.15, -0.1) is 0 Å². The molecule has 0 heterocycles. The third kappa shape index (κ3) is 3.61. The van der Waals surface area contributed by atoms with Crippen LogP contribution in [-0.2, 0) is 0 Å². The summed E-state index contributed by atoms with van der Waals surface area (Å²) < 4.78 is 181. The van der Waals surface area contributed by atoms with Crippen LogP contribution in [-0.4, -0.2) is 39.7 Å². The average Bonchev–Trinajstić information content (AvgIpc) is 2.23. The highest BCUT2D eigenvalue weighted by atomic mass is 127. The summed E-state index contributed by atoms with van der Waals surface area (Å²) in [5.41, 5.74) is 0. The van der Waals surface area contributed by atoms with E-state index in [1.807, 2.05) is 0 Å². The van der Waals surface area contributed by atoms with Crippen molar-refractivity contribution in [2.45, 2.75) is 46.1 Å². The van der Waals surface area contributed by atoms with Crippen molar-refractivity contribution >= 4 is 22.6 Å². The number of rotatable bonds is 6. The van der Waals surface area contributed by atoms with Crippen LogP contribution in [0.4, 0.5) is 65.9 Å². The van der Waals surface area contributed by atoms with Crippen LogP contribution in [0.5, 0.6) is 0 Å². The molecular weight excluding hydrogens is 508 g/mol. The number of halogens is 16. The Hall–Kier alpha value is -0.320. The standard InChI is InChI=1S/C8H2F15I/c9-2(10,4(13,14)6(17,18)7(19,20)21)1-3(11,12)5(15,16)8(22,23)24/h1H2. The zero-order valence-corrected chi connectivity index (χ0v) is 12.4. The highest BCUT2D eigenvalue weighted by Crippen LogP contribution is 2.58. The summed E-state index contributed by atoms with van der Waals surface area (Å²) in [4.78, 5) is 0. The maximum absolute atomic E-state index is 12.9. The van der Waals surface area contributed by atoms with Crippen molar-refractivity contribution < 1.29 is 65.9 Å². The lowest BCUT2D eigenvalue weighted by Crippen LogP contribution is -2.63. The second kappa shape index (κ2) is 5.85. The fraction of sp³-hybridized carbons (Fsp3) is 1.00. The molecule has 0 spiro atoms. The van der Waals surface area contributed by atoms with Gasteiger partial charge in [0.15, 0.2) is 0 Å². The molecule has 0 bridgehead atoms. The molecule has 146 valence electrons. The van der Waals surface area contributed by atoms with Crippen molar-refractivity contribution in [3.05, 3.63) is 0 Å². The minimum absolute atomic E-state index is 0.678. The van der Waals surface area contributed by atoms with Gasteiger partial charge < -0.3 is 0 Å². The van der Waals surface area contributed by atoms with E-state index < -0.39 is 68.7 Å². The normalized spacial score (nSPS) is 16.5. The first-order valence-corrected chi connectivity index (χ1v) is 6.06. The van der Waals surface area contributed by atoms with Gasteiger partial charge in [-0.3, -0.25) is 0 Å². The minimum Gasteiger partial charge on any atom is -0.199 e. The van der Waals surface area contributed by atoms with Gasteiger partial charge in [0.25, 0.3) is 0 Å². The third-order valence-electron chi connectivity index (χ3n) is 2.47. The van der Waals surface area contributed by atoms with Crippen LogP contribution in [0.15, 0.2) is 0 Å². The predicted octanol–water partition coefficient (Wildman–Crippen LogP) is 6.14. The fourth-order valence-electron chi connectivity index (χ4n) is 1.12. The van der Waals surface area contributed by atoms with Gasteiger partial charge in [0.05, 0.1) is 6.42 Å². The van der Waals surface area contributed by atoms with Gasteiger partial charge in [0.1, 0.15) is 0 Å². The molecule has 0 saturated carbocycles. The number of alkyl halides is 16. The van der Waals surface area contributed by atoms with Crippen molar-refractivity contribution in [1.29, 1.82) is 0 Å². The first kappa shape index (κ1) is 23.7. The van der Waals surface area contributed by atoms with E-state index in [1.165, 1.54) is 0 Å². The Morgan fingerprint density at radius 1 is 0.458 bits per heavy atom. The highest BCUT2D eigenvalue weighted by Gasteiger charge is 2.84. The van der Waals surface area contributed by atoms with Gasteiger partial charge in [-0.2, -0.15) is 65.9 Å². The minimum atomic E-state index is -7.63. The molecule has 0 aliphatic heterocycles. The van der Waals surface area contributed by atoms with E-state index in [-0.39, 0.29) is 0 Å². The van der Waals surface area contributed by atoms with E-state index in [9.17, 15) is 65.9 Å². The molecule has 0 atom stereocenters. The summed E-state index contributed by atoms with van der Waals surface area (Å²) in [6, 6.07) is 0. The number of hydrogen-bond donors (Lipinski definition) is 0. The van der Waals surface area contributed by atoms with Gasteiger partial charge >= 0.3 is 39.7 Å². The Balaban J connectivity index is 5.95. The zero-order chi connectivity index (χ0) is 20.2. The van der Waals surface area contributed by atoms with Crippen molar-refractivity contribution in [3.8, 4) is 0 Å². The second-order valence-electron chi connectivity index (χ2n) is 4.30. The van der Waals surface area contributed by atoms with E-state index in [2.05, 4.69) is 0 Å². The second-order valence-corrected chi connectivity index (χ2v) is 5.66. The molecule has 0 aliphatic carbocycles. The Bertz CT molecular complexity index is 455. The molecule has 0 aliphatic rings. The van der Waals surface area contributed by atoms with E-state index in [4.69, 9.17) is 0 Å². The predicted molar refractivity (Wildman–Crippen MR) is 54.4 cm³/mol. The molecular formula is C8H2F15I. The summed E-state index contributed by atoms with van der Waals surface area (Å²) in [5.74, 6) is -35.9. The number of hydrogen-bond acceptors (Lipinski definition) is 0. The molecule has 0 rings (SSSR count). The van der Waals surface area contributed by atoms with Gasteiger partial charge in [-0.1, -0.05) is 0 Å². The van der Waals surface area contributed by atoms with Crippen molar-refractivity contribution in [1.82, 2.24) is 0 Å². The molecule has 0 saturated heterocycles. The van der Waals surface area contributed by atoms with Crippen LogP contribution in [0.3, 0.4) is 0 Å². The third-order valence-corrected chi connectivity index (χ3v) is 3.15. The summed E-state index contributed by atoms with van der Waals surface area (Å²) in [6.45, 7) is 0. The molecule has 0 aromatic rings. The van der Waals surface area contributed by atoms with Crippen molar-refractivity contribution in [2.24, 2.45) is 0 Å². The smallest absolute Gasteiger partial charge is 0.199 e. The van der Waals surface area contributed by atoms with E-state index in [0.717, 1.165) is 0 Å². The molecule has 16 heteroatoms. The summed E-state index contributed by atoms with van der Waals surface area (Å²) in [5, 5.41) is 0. The monoisotopic (exact) mass is 510 g/mol. The maximum atomic E-state index is 12.9. The topological polar surface area (TPSA) is 0 Å². The lowest BCUT2D eigenvalue weighted by molar-refractivity contribution is -0.406. The molecule has 0 radical (unpaired) electrons. The van der Waals surface area contributed by atoms with Crippen molar-refractivity contribution in [2.75, 3.05) is 0 Å². The van der Waals surface area contributed by atoms with Gasteiger partial charge in [0, 0.05) is 22.6 Å². The molecule has 24 heavy (non-hydrogen) atoms. The van der Waals surface area contributed by atoms with E-state index >= 15 is 0 Å². The molecule has 0 aromatic carbocycles. The van der Waals surface area contributed by atoms with Gasteiger partial charge in [0.2, 0.25) is 0 Å². The Morgan fingerprint density at radius 3 is 1.00 bits per heavy atom. The Morgan fingerprint density at radius 2 is 0.750 bits per heavy atom.